The van der Waals surface area contributed by atoms with Gasteiger partial charge in [0.25, 0.3) is 0 Å². The van der Waals surface area contributed by atoms with E-state index in [1.807, 2.05) is 62.4 Å². The average molecular weight is 326 g/mol. The highest BCUT2D eigenvalue weighted by Gasteiger charge is 2.09. The molecule has 0 aliphatic rings. The van der Waals surface area contributed by atoms with Gasteiger partial charge in [0, 0.05) is 5.69 Å². The predicted molar refractivity (Wildman–Crippen MR) is 93.7 cm³/mol. The van der Waals surface area contributed by atoms with Gasteiger partial charge >= 0.3 is 0 Å². The molecule has 126 valence electrons. The zero-order valence-electron chi connectivity index (χ0n) is 14.0. The highest BCUT2D eigenvalue weighted by atomic mass is 16.5. The van der Waals surface area contributed by atoms with E-state index in [0.29, 0.717) is 6.61 Å². The van der Waals surface area contributed by atoms with Crippen molar-refractivity contribution in [3.63, 3.8) is 0 Å². The minimum atomic E-state index is -0.317. The zero-order valence-corrected chi connectivity index (χ0v) is 14.0. The molecule has 0 radical (unpaired) electrons. The minimum absolute atomic E-state index is 0.0778. The summed E-state index contributed by atoms with van der Waals surface area (Å²) in [6, 6.07) is 15.4. The molecule has 5 heteroatoms. The summed E-state index contributed by atoms with van der Waals surface area (Å²) in [5.74, 6) is -0.577. The molecule has 0 heterocycles. The van der Waals surface area contributed by atoms with Crippen molar-refractivity contribution in [2.24, 2.45) is 0 Å². The smallest absolute Gasteiger partial charge is 0.246 e. The van der Waals surface area contributed by atoms with Crippen LogP contribution >= 0.6 is 0 Å². The Hall–Kier alpha value is -2.66. The molecule has 0 unspecified atom stereocenters. The van der Waals surface area contributed by atoms with Gasteiger partial charge in [0.15, 0.2) is 0 Å². The zero-order chi connectivity index (χ0) is 17.4. The molecule has 2 amide bonds. The van der Waals surface area contributed by atoms with Crippen LogP contribution in [0.15, 0.2) is 48.5 Å². The number of para-hydroxylation sites is 1. The van der Waals surface area contributed by atoms with Gasteiger partial charge in [-0.15, -0.1) is 0 Å². The third kappa shape index (κ3) is 5.52. The van der Waals surface area contributed by atoms with E-state index in [4.69, 9.17) is 4.74 Å². The standard InChI is InChI=1S/C19H22N2O3/c1-14-7-6-8-15(2)19(14)21-17(22)11-20-18(23)13-24-12-16-9-4-3-5-10-16/h3-10H,11-13H2,1-2H3,(H,20,23)(H,21,22). The third-order valence-electron chi connectivity index (χ3n) is 3.54. The molecule has 5 nitrogen and oxygen atoms in total. The number of anilines is 1. The fraction of sp³-hybridized carbons (Fsp3) is 0.263. The van der Waals surface area contributed by atoms with Crippen molar-refractivity contribution in [1.82, 2.24) is 5.32 Å². The lowest BCUT2D eigenvalue weighted by Crippen LogP contribution is -2.35. The third-order valence-corrected chi connectivity index (χ3v) is 3.54. The molecule has 0 saturated carbocycles. The first kappa shape index (κ1) is 17.7. The van der Waals surface area contributed by atoms with Crippen molar-refractivity contribution in [1.29, 1.82) is 0 Å². The monoisotopic (exact) mass is 326 g/mol. The second-order valence-electron chi connectivity index (χ2n) is 5.57. The van der Waals surface area contributed by atoms with Crippen LogP contribution in [0.2, 0.25) is 0 Å². The van der Waals surface area contributed by atoms with Gasteiger partial charge in [-0.05, 0) is 30.5 Å². The van der Waals surface area contributed by atoms with E-state index in [0.717, 1.165) is 22.4 Å². The van der Waals surface area contributed by atoms with Crippen LogP contribution in [0.5, 0.6) is 0 Å². The number of hydrogen-bond donors (Lipinski definition) is 2. The normalized spacial score (nSPS) is 10.2. The molecule has 0 saturated heterocycles. The number of amides is 2. The van der Waals surface area contributed by atoms with Gasteiger partial charge < -0.3 is 15.4 Å². The second-order valence-corrected chi connectivity index (χ2v) is 5.57. The van der Waals surface area contributed by atoms with Crippen molar-refractivity contribution in [2.45, 2.75) is 20.5 Å². The van der Waals surface area contributed by atoms with Crippen molar-refractivity contribution in [3.8, 4) is 0 Å². The van der Waals surface area contributed by atoms with Gasteiger partial charge in [0.2, 0.25) is 11.8 Å². The molecule has 2 N–H and O–H groups in total. The van der Waals surface area contributed by atoms with Gasteiger partial charge in [0.05, 0.1) is 13.2 Å². The fourth-order valence-corrected chi connectivity index (χ4v) is 2.26. The summed E-state index contributed by atoms with van der Waals surface area (Å²) >= 11 is 0. The lowest BCUT2D eigenvalue weighted by molar-refractivity contribution is -0.128. The highest BCUT2D eigenvalue weighted by molar-refractivity contribution is 5.95. The first-order chi connectivity index (χ1) is 11.6. The maximum atomic E-state index is 11.9. The molecule has 0 bridgehead atoms. The van der Waals surface area contributed by atoms with Crippen LogP contribution in [-0.2, 0) is 20.9 Å². The Labute approximate surface area is 142 Å². The van der Waals surface area contributed by atoms with Gasteiger partial charge in [0.1, 0.15) is 6.61 Å². The van der Waals surface area contributed by atoms with E-state index in [1.165, 1.54) is 0 Å². The fourth-order valence-electron chi connectivity index (χ4n) is 2.26. The quantitative estimate of drug-likeness (QED) is 0.822. The van der Waals surface area contributed by atoms with Crippen LogP contribution in [0.3, 0.4) is 0 Å². The number of carbonyl (C=O) groups is 2. The number of ether oxygens (including phenoxy) is 1. The van der Waals surface area contributed by atoms with Crippen molar-refractivity contribution in [2.75, 3.05) is 18.5 Å². The number of carbonyl (C=O) groups excluding carboxylic acids is 2. The van der Waals surface area contributed by atoms with Crippen LogP contribution < -0.4 is 10.6 Å². The number of rotatable bonds is 7. The van der Waals surface area contributed by atoms with Gasteiger partial charge in [-0.25, -0.2) is 0 Å². The molecule has 2 aromatic carbocycles. The van der Waals surface area contributed by atoms with Gasteiger partial charge in [-0.3, -0.25) is 9.59 Å². The molecule has 0 aliphatic carbocycles. The van der Waals surface area contributed by atoms with E-state index >= 15 is 0 Å². The summed E-state index contributed by atoms with van der Waals surface area (Å²) in [6.07, 6.45) is 0. The van der Waals surface area contributed by atoms with Crippen LogP contribution in [0.4, 0.5) is 5.69 Å². The van der Waals surface area contributed by atoms with Gasteiger partial charge in [-0.1, -0.05) is 48.5 Å². The Bertz CT molecular complexity index is 679. The molecule has 0 atom stereocenters. The highest BCUT2D eigenvalue weighted by Crippen LogP contribution is 2.18. The second kappa shape index (κ2) is 8.84. The van der Waals surface area contributed by atoms with Crippen molar-refractivity contribution >= 4 is 17.5 Å². The summed E-state index contributed by atoms with van der Waals surface area (Å²) < 4.78 is 5.33. The molecule has 0 fully saturated rings. The van der Waals surface area contributed by atoms with E-state index in [-0.39, 0.29) is 25.0 Å². The Morgan fingerprint density at radius 2 is 1.58 bits per heavy atom. The molecule has 24 heavy (non-hydrogen) atoms. The Morgan fingerprint density at radius 3 is 2.25 bits per heavy atom. The summed E-state index contributed by atoms with van der Waals surface area (Å²) in [5.41, 5.74) is 3.76. The molecular weight excluding hydrogens is 304 g/mol. The topological polar surface area (TPSA) is 67.4 Å². The maximum Gasteiger partial charge on any atom is 0.246 e. The van der Waals surface area contributed by atoms with Crippen LogP contribution in [0.25, 0.3) is 0 Å². The van der Waals surface area contributed by atoms with Crippen molar-refractivity contribution < 1.29 is 14.3 Å². The largest absolute Gasteiger partial charge is 0.367 e. The molecule has 0 spiro atoms. The van der Waals surface area contributed by atoms with Crippen LogP contribution in [0, 0.1) is 13.8 Å². The Balaban J connectivity index is 1.70. The van der Waals surface area contributed by atoms with E-state index in [9.17, 15) is 9.59 Å². The Kier molecular flexibility index (Phi) is 6.51. The van der Waals surface area contributed by atoms with Crippen molar-refractivity contribution in [3.05, 3.63) is 65.2 Å². The van der Waals surface area contributed by atoms with Gasteiger partial charge in [-0.2, -0.15) is 0 Å². The SMILES string of the molecule is Cc1cccc(C)c1NC(=O)CNC(=O)COCc1ccccc1. The molecular formula is C19H22N2O3. The van der Waals surface area contributed by atoms with Crippen LogP contribution in [0.1, 0.15) is 16.7 Å². The van der Waals surface area contributed by atoms with Crippen LogP contribution in [-0.4, -0.2) is 25.0 Å². The summed E-state index contributed by atoms with van der Waals surface area (Å²) in [6.45, 7) is 4.06. The lowest BCUT2D eigenvalue weighted by Gasteiger charge is -2.12. The average Bonchev–Trinajstić information content (AvgIpc) is 2.57. The Morgan fingerprint density at radius 1 is 0.917 bits per heavy atom. The number of hydrogen-bond acceptors (Lipinski definition) is 3. The molecule has 2 rings (SSSR count). The minimum Gasteiger partial charge on any atom is -0.367 e. The first-order valence-electron chi connectivity index (χ1n) is 7.80. The molecule has 2 aromatic rings. The predicted octanol–water partition coefficient (Wildman–Crippen LogP) is 2.57. The summed E-state index contributed by atoms with van der Waals surface area (Å²) in [7, 11) is 0. The number of nitrogens with one attached hydrogen (secondary N) is 2. The molecule has 0 aliphatic heterocycles. The first-order valence-corrected chi connectivity index (χ1v) is 7.80. The number of aryl methyl sites for hydroxylation is 2. The van der Waals surface area contributed by atoms with E-state index in [2.05, 4.69) is 10.6 Å². The maximum absolute atomic E-state index is 11.9. The number of benzene rings is 2. The lowest BCUT2D eigenvalue weighted by atomic mass is 10.1. The van der Waals surface area contributed by atoms with E-state index < -0.39 is 0 Å². The molecule has 0 aromatic heterocycles. The summed E-state index contributed by atoms with van der Waals surface area (Å²) in [5, 5.41) is 5.37. The van der Waals surface area contributed by atoms with E-state index in [1.54, 1.807) is 0 Å². The summed E-state index contributed by atoms with van der Waals surface area (Å²) in [4.78, 5) is 23.7.